The highest BCUT2D eigenvalue weighted by Crippen LogP contribution is 2.29. The van der Waals surface area contributed by atoms with Gasteiger partial charge in [0.15, 0.2) is 0 Å². The molecule has 0 unspecified atom stereocenters. The number of para-hydroxylation sites is 1. The van der Waals surface area contributed by atoms with Crippen molar-refractivity contribution in [2.75, 3.05) is 11.1 Å². The Bertz CT molecular complexity index is 488. The molecule has 1 aromatic carbocycles. The van der Waals surface area contributed by atoms with Crippen LogP contribution in [0.5, 0.6) is 0 Å². The van der Waals surface area contributed by atoms with Crippen LogP contribution in [0.15, 0.2) is 29.6 Å². The number of thiophene rings is 1. The Hall–Kier alpha value is -1.19. The molecular formula is C13H15ClN2S. The average molecular weight is 267 g/mol. The highest BCUT2D eigenvalue weighted by Gasteiger charge is 2.06. The first-order chi connectivity index (χ1) is 8.22. The van der Waals surface area contributed by atoms with Gasteiger partial charge in [-0.25, -0.2) is 0 Å². The van der Waals surface area contributed by atoms with Crippen LogP contribution >= 0.6 is 22.9 Å². The Balaban J connectivity index is 2.13. The monoisotopic (exact) mass is 266 g/mol. The molecule has 0 saturated carbocycles. The van der Waals surface area contributed by atoms with Crippen molar-refractivity contribution in [2.24, 2.45) is 0 Å². The van der Waals surface area contributed by atoms with Gasteiger partial charge in [0.1, 0.15) is 0 Å². The highest BCUT2D eigenvalue weighted by atomic mass is 35.5. The van der Waals surface area contributed by atoms with E-state index in [0.29, 0.717) is 10.7 Å². The van der Waals surface area contributed by atoms with Gasteiger partial charge in [-0.2, -0.15) is 0 Å². The first kappa shape index (κ1) is 12.3. The van der Waals surface area contributed by atoms with Crippen molar-refractivity contribution in [3.8, 4) is 0 Å². The number of hydrogen-bond donors (Lipinski definition) is 2. The van der Waals surface area contributed by atoms with Crippen molar-refractivity contribution >= 4 is 34.3 Å². The van der Waals surface area contributed by atoms with Crippen LogP contribution in [-0.2, 0) is 13.0 Å². The lowest BCUT2D eigenvalue weighted by Crippen LogP contribution is -2.03. The molecule has 0 radical (unpaired) electrons. The third kappa shape index (κ3) is 2.73. The van der Waals surface area contributed by atoms with Crippen molar-refractivity contribution in [1.82, 2.24) is 0 Å². The number of rotatable bonds is 4. The molecule has 0 fully saturated rings. The van der Waals surface area contributed by atoms with Gasteiger partial charge >= 0.3 is 0 Å². The van der Waals surface area contributed by atoms with Gasteiger partial charge in [0.25, 0.3) is 0 Å². The minimum absolute atomic E-state index is 0.666. The first-order valence-corrected chi connectivity index (χ1v) is 6.81. The molecule has 0 aliphatic carbocycles. The predicted molar refractivity (Wildman–Crippen MR) is 76.9 cm³/mol. The van der Waals surface area contributed by atoms with E-state index in [1.54, 1.807) is 11.3 Å². The van der Waals surface area contributed by atoms with Crippen LogP contribution in [0.2, 0.25) is 5.02 Å². The molecule has 0 bridgehead atoms. The molecule has 0 saturated heterocycles. The number of nitrogens with one attached hydrogen (secondary N) is 1. The minimum atomic E-state index is 0.666. The summed E-state index contributed by atoms with van der Waals surface area (Å²) in [5.74, 6) is 0. The van der Waals surface area contributed by atoms with Crippen molar-refractivity contribution < 1.29 is 0 Å². The molecule has 2 aromatic rings. The van der Waals surface area contributed by atoms with Crippen LogP contribution in [0, 0.1) is 0 Å². The summed E-state index contributed by atoms with van der Waals surface area (Å²) in [5.41, 5.74) is 8.78. The lowest BCUT2D eigenvalue weighted by molar-refractivity contribution is 1.08. The van der Waals surface area contributed by atoms with E-state index in [-0.39, 0.29) is 0 Å². The molecule has 3 N–H and O–H groups in total. The zero-order valence-corrected chi connectivity index (χ0v) is 11.2. The Morgan fingerprint density at radius 3 is 2.88 bits per heavy atom. The number of hydrogen-bond acceptors (Lipinski definition) is 3. The molecule has 1 heterocycles. The maximum absolute atomic E-state index is 6.10. The summed E-state index contributed by atoms with van der Waals surface area (Å²) in [6.07, 6.45) is 1.05. The van der Waals surface area contributed by atoms with Gasteiger partial charge in [-0.15, -0.1) is 11.3 Å². The number of benzene rings is 1. The molecule has 90 valence electrons. The van der Waals surface area contributed by atoms with Gasteiger partial charge in [0.05, 0.1) is 16.4 Å². The number of halogens is 1. The SMILES string of the molecule is CCc1ccsc1CNc1c(N)cccc1Cl. The van der Waals surface area contributed by atoms with E-state index < -0.39 is 0 Å². The zero-order chi connectivity index (χ0) is 12.3. The standard InChI is InChI=1S/C13H15ClN2S/c1-2-9-6-7-17-12(9)8-16-13-10(14)4-3-5-11(13)15/h3-7,16H,2,8,15H2,1H3. The van der Waals surface area contributed by atoms with E-state index in [4.69, 9.17) is 17.3 Å². The van der Waals surface area contributed by atoms with Crippen molar-refractivity contribution in [1.29, 1.82) is 0 Å². The average Bonchev–Trinajstić information content (AvgIpc) is 2.76. The van der Waals surface area contributed by atoms with Gasteiger partial charge in [-0.3, -0.25) is 0 Å². The summed E-state index contributed by atoms with van der Waals surface area (Å²) in [7, 11) is 0. The van der Waals surface area contributed by atoms with Crippen molar-refractivity contribution in [2.45, 2.75) is 19.9 Å². The zero-order valence-electron chi connectivity index (χ0n) is 9.66. The maximum atomic E-state index is 6.10. The molecule has 0 atom stereocenters. The Morgan fingerprint density at radius 2 is 2.18 bits per heavy atom. The van der Waals surface area contributed by atoms with Gasteiger partial charge < -0.3 is 11.1 Å². The molecule has 0 spiro atoms. The molecule has 0 aliphatic heterocycles. The number of aryl methyl sites for hydroxylation is 1. The summed E-state index contributed by atoms with van der Waals surface area (Å²) >= 11 is 7.86. The Kier molecular flexibility index (Phi) is 3.92. The summed E-state index contributed by atoms with van der Waals surface area (Å²) in [4.78, 5) is 1.34. The molecule has 0 amide bonds. The number of nitrogen functional groups attached to an aromatic ring is 1. The predicted octanol–water partition coefficient (Wildman–Crippen LogP) is 4.16. The van der Waals surface area contributed by atoms with Gasteiger partial charge in [-0.1, -0.05) is 24.6 Å². The van der Waals surface area contributed by atoms with Crippen LogP contribution in [-0.4, -0.2) is 0 Å². The van der Waals surface area contributed by atoms with Gasteiger partial charge in [0, 0.05) is 11.4 Å². The first-order valence-electron chi connectivity index (χ1n) is 5.55. The second kappa shape index (κ2) is 5.43. The molecule has 17 heavy (non-hydrogen) atoms. The van der Waals surface area contributed by atoms with E-state index in [1.807, 2.05) is 18.2 Å². The topological polar surface area (TPSA) is 38.0 Å². The molecule has 2 nitrogen and oxygen atoms in total. The fraction of sp³-hybridized carbons (Fsp3) is 0.231. The van der Waals surface area contributed by atoms with Crippen LogP contribution in [0.25, 0.3) is 0 Å². The van der Waals surface area contributed by atoms with E-state index in [0.717, 1.165) is 18.7 Å². The smallest absolute Gasteiger partial charge is 0.0766 e. The highest BCUT2D eigenvalue weighted by molar-refractivity contribution is 7.10. The Morgan fingerprint density at radius 1 is 1.35 bits per heavy atom. The summed E-state index contributed by atoms with van der Waals surface area (Å²) in [6.45, 7) is 2.93. The Labute approximate surface area is 110 Å². The minimum Gasteiger partial charge on any atom is -0.397 e. The van der Waals surface area contributed by atoms with Crippen LogP contribution in [0.4, 0.5) is 11.4 Å². The second-order valence-electron chi connectivity index (χ2n) is 3.78. The largest absolute Gasteiger partial charge is 0.397 e. The van der Waals surface area contributed by atoms with Gasteiger partial charge in [0.2, 0.25) is 0 Å². The number of nitrogens with two attached hydrogens (primary N) is 1. The van der Waals surface area contributed by atoms with E-state index in [2.05, 4.69) is 23.7 Å². The lowest BCUT2D eigenvalue weighted by atomic mass is 10.2. The van der Waals surface area contributed by atoms with Crippen LogP contribution in [0.1, 0.15) is 17.4 Å². The summed E-state index contributed by atoms with van der Waals surface area (Å²) in [5, 5.41) is 6.09. The molecule has 1 aromatic heterocycles. The third-order valence-corrected chi connectivity index (χ3v) is 3.97. The van der Waals surface area contributed by atoms with Crippen molar-refractivity contribution in [3.05, 3.63) is 45.1 Å². The van der Waals surface area contributed by atoms with Crippen molar-refractivity contribution in [3.63, 3.8) is 0 Å². The fourth-order valence-corrected chi connectivity index (χ4v) is 2.90. The molecular weight excluding hydrogens is 252 g/mol. The van der Waals surface area contributed by atoms with Gasteiger partial charge in [-0.05, 0) is 35.6 Å². The molecule has 4 heteroatoms. The van der Waals surface area contributed by atoms with Crippen LogP contribution < -0.4 is 11.1 Å². The van der Waals surface area contributed by atoms with E-state index in [9.17, 15) is 0 Å². The second-order valence-corrected chi connectivity index (χ2v) is 5.19. The lowest BCUT2D eigenvalue weighted by Gasteiger charge is -2.11. The molecule has 0 aliphatic rings. The number of anilines is 2. The quantitative estimate of drug-likeness (QED) is 0.816. The molecule has 2 rings (SSSR count). The normalized spacial score (nSPS) is 10.5. The summed E-state index contributed by atoms with van der Waals surface area (Å²) < 4.78 is 0. The van der Waals surface area contributed by atoms with E-state index >= 15 is 0 Å². The van der Waals surface area contributed by atoms with Crippen LogP contribution in [0.3, 0.4) is 0 Å². The third-order valence-electron chi connectivity index (χ3n) is 2.69. The van der Waals surface area contributed by atoms with E-state index in [1.165, 1.54) is 10.4 Å². The maximum Gasteiger partial charge on any atom is 0.0766 e. The summed E-state index contributed by atoms with van der Waals surface area (Å²) in [6, 6.07) is 7.71. The fourth-order valence-electron chi connectivity index (χ4n) is 1.73.